The van der Waals surface area contributed by atoms with Crippen LogP contribution in [0.4, 0.5) is 5.69 Å². The van der Waals surface area contributed by atoms with Gasteiger partial charge in [0.15, 0.2) is 0 Å². The minimum atomic E-state index is -0.471. The van der Waals surface area contributed by atoms with Crippen LogP contribution in [-0.4, -0.2) is 23.8 Å². The molecule has 7 heteroatoms. The number of methoxy groups -OCH3 is 1. The van der Waals surface area contributed by atoms with Crippen LogP contribution < -0.4 is 4.74 Å². The van der Waals surface area contributed by atoms with E-state index < -0.39 is 4.92 Å². The van der Waals surface area contributed by atoms with Gasteiger partial charge in [-0.15, -0.1) is 11.8 Å². The lowest BCUT2D eigenvalue weighted by molar-refractivity contribution is -0.384. The van der Waals surface area contributed by atoms with Crippen molar-refractivity contribution in [2.24, 2.45) is 0 Å². The summed E-state index contributed by atoms with van der Waals surface area (Å²) >= 11 is 1.37. The maximum absolute atomic E-state index is 11.7. The maximum Gasteiger partial charge on any atom is 0.316 e. The number of hydrogen-bond donors (Lipinski definition) is 0. The summed E-state index contributed by atoms with van der Waals surface area (Å²) in [5.41, 5.74) is 0.716. The summed E-state index contributed by atoms with van der Waals surface area (Å²) in [5.74, 6) is 0.610. The normalized spacial score (nSPS) is 10.1. The molecule has 0 saturated carbocycles. The second kappa shape index (κ2) is 8.19. The molecule has 0 aliphatic carbocycles. The van der Waals surface area contributed by atoms with Crippen LogP contribution in [0.1, 0.15) is 5.56 Å². The number of nitro groups is 1. The van der Waals surface area contributed by atoms with E-state index in [-0.39, 0.29) is 24.0 Å². The second-order valence-electron chi connectivity index (χ2n) is 4.55. The molecule has 23 heavy (non-hydrogen) atoms. The van der Waals surface area contributed by atoms with Crippen molar-refractivity contribution >= 4 is 23.4 Å². The molecular formula is C16H15NO5S. The van der Waals surface area contributed by atoms with E-state index in [0.29, 0.717) is 5.56 Å². The second-order valence-corrected chi connectivity index (χ2v) is 5.60. The Morgan fingerprint density at radius 2 is 1.78 bits per heavy atom. The number of thioether (sulfide) groups is 1. The van der Waals surface area contributed by atoms with Gasteiger partial charge in [-0.1, -0.05) is 0 Å². The first kappa shape index (κ1) is 16.8. The van der Waals surface area contributed by atoms with Crippen LogP contribution in [0.15, 0.2) is 53.4 Å². The highest BCUT2D eigenvalue weighted by Crippen LogP contribution is 2.21. The Labute approximate surface area is 137 Å². The topological polar surface area (TPSA) is 78.7 Å². The van der Waals surface area contributed by atoms with Crippen molar-refractivity contribution < 1.29 is 19.2 Å². The van der Waals surface area contributed by atoms with Gasteiger partial charge in [0.25, 0.3) is 5.69 Å². The Morgan fingerprint density at radius 3 is 2.35 bits per heavy atom. The summed E-state index contributed by atoms with van der Waals surface area (Å²) in [5, 5.41) is 10.5. The van der Waals surface area contributed by atoms with Gasteiger partial charge >= 0.3 is 5.97 Å². The Balaban J connectivity index is 1.77. The minimum Gasteiger partial charge on any atom is -0.497 e. The summed E-state index contributed by atoms with van der Waals surface area (Å²) in [4.78, 5) is 22.7. The van der Waals surface area contributed by atoms with Gasteiger partial charge in [-0.2, -0.15) is 0 Å². The Morgan fingerprint density at radius 1 is 1.13 bits per heavy atom. The lowest BCUT2D eigenvalue weighted by Crippen LogP contribution is -2.07. The number of ether oxygens (including phenoxy) is 2. The van der Waals surface area contributed by atoms with Crippen LogP contribution in [-0.2, 0) is 16.1 Å². The largest absolute Gasteiger partial charge is 0.497 e. The maximum atomic E-state index is 11.7. The fourth-order valence-electron chi connectivity index (χ4n) is 1.73. The Hall–Kier alpha value is -2.54. The first-order valence-corrected chi connectivity index (χ1v) is 7.73. The van der Waals surface area contributed by atoms with E-state index in [2.05, 4.69) is 0 Å². The predicted molar refractivity (Wildman–Crippen MR) is 86.6 cm³/mol. The van der Waals surface area contributed by atoms with Gasteiger partial charge in [0.1, 0.15) is 12.4 Å². The molecule has 0 spiro atoms. The van der Waals surface area contributed by atoms with E-state index in [1.807, 2.05) is 24.3 Å². The fraction of sp³-hybridized carbons (Fsp3) is 0.188. The SMILES string of the molecule is COc1ccc(SCC(=O)OCc2ccc([N+](=O)[O-])cc2)cc1. The zero-order valence-corrected chi connectivity index (χ0v) is 13.2. The van der Waals surface area contributed by atoms with Crippen LogP contribution in [0.25, 0.3) is 0 Å². The number of esters is 1. The first-order valence-electron chi connectivity index (χ1n) is 6.74. The third-order valence-electron chi connectivity index (χ3n) is 2.96. The third-order valence-corrected chi connectivity index (χ3v) is 3.95. The van der Waals surface area contributed by atoms with Crippen LogP contribution in [0.3, 0.4) is 0 Å². The zero-order chi connectivity index (χ0) is 16.7. The van der Waals surface area contributed by atoms with Gasteiger partial charge in [0.2, 0.25) is 0 Å². The molecular weight excluding hydrogens is 318 g/mol. The van der Waals surface area contributed by atoms with Gasteiger partial charge in [-0.3, -0.25) is 14.9 Å². The standard InChI is InChI=1S/C16H15NO5S/c1-21-14-6-8-15(9-7-14)23-11-16(18)22-10-12-2-4-13(5-3-12)17(19)20/h2-9H,10-11H2,1H3. The number of carbonyl (C=O) groups excluding carboxylic acids is 1. The van der Waals surface area contributed by atoms with Crippen LogP contribution in [0.5, 0.6) is 5.75 Å². The van der Waals surface area contributed by atoms with Crippen molar-refractivity contribution in [3.63, 3.8) is 0 Å². The van der Waals surface area contributed by atoms with E-state index in [9.17, 15) is 14.9 Å². The average molecular weight is 333 g/mol. The molecule has 0 bridgehead atoms. The lowest BCUT2D eigenvalue weighted by atomic mass is 10.2. The van der Waals surface area contributed by atoms with Gasteiger partial charge in [-0.05, 0) is 42.0 Å². The Bertz CT molecular complexity index is 670. The molecule has 0 N–H and O–H groups in total. The number of nitrogens with zero attached hydrogens (tertiary/aromatic N) is 1. The smallest absolute Gasteiger partial charge is 0.316 e. The molecule has 0 unspecified atom stereocenters. The molecule has 0 atom stereocenters. The zero-order valence-electron chi connectivity index (χ0n) is 12.4. The van der Waals surface area contributed by atoms with Crippen LogP contribution in [0.2, 0.25) is 0 Å². The van der Waals surface area contributed by atoms with Gasteiger partial charge < -0.3 is 9.47 Å². The first-order chi connectivity index (χ1) is 11.1. The average Bonchev–Trinajstić information content (AvgIpc) is 2.59. The molecule has 0 radical (unpaired) electrons. The summed E-state index contributed by atoms with van der Waals surface area (Å²) in [6, 6.07) is 13.3. The fourth-order valence-corrected chi connectivity index (χ4v) is 2.43. The number of hydrogen-bond acceptors (Lipinski definition) is 6. The quantitative estimate of drug-likeness (QED) is 0.334. The molecule has 0 amide bonds. The molecule has 6 nitrogen and oxygen atoms in total. The number of non-ortho nitro benzene ring substituents is 1. The van der Waals surface area contributed by atoms with E-state index in [4.69, 9.17) is 9.47 Å². The van der Waals surface area contributed by atoms with Crippen molar-refractivity contribution in [3.8, 4) is 5.75 Å². The van der Waals surface area contributed by atoms with Crippen molar-refractivity contribution in [3.05, 3.63) is 64.2 Å². The monoisotopic (exact) mass is 333 g/mol. The van der Waals surface area contributed by atoms with E-state index in [1.165, 1.54) is 23.9 Å². The summed E-state index contributed by atoms with van der Waals surface area (Å²) in [7, 11) is 1.59. The minimum absolute atomic E-state index is 0.00939. The molecule has 0 saturated heterocycles. The van der Waals surface area contributed by atoms with Crippen molar-refractivity contribution in [2.75, 3.05) is 12.9 Å². The highest BCUT2D eigenvalue weighted by atomic mass is 32.2. The van der Waals surface area contributed by atoms with Gasteiger partial charge in [0.05, 0.1) is 17.8 Å². The van der Waals surface area contributed by atoms with Crippen molar-refractivity contribution in [2.45, 2.75) is 11.5 Å². The third kappa shape index (κ3) is 5.30. The molecule has 120 valence electrons. The van der Waals surface area contributed by atoms with Gasteiger partial charge in [-0.25, -0.2) is 0 Å². The molecule has 0 aliphatic heterocycles. The number of nitro benzene ring substituents is 1. The molecule has 2 aromatic carbocycles. The molecule has 0 fully saturated rings. The number of carbonyl (C=O) groups is 1. The molecule has 0 aliphatic rings. The van der Waals surface area contributed by atoms with E-state index in [1.54, 1.807) is 19.2 Å². The van der Waals surface area contributed by atoms with Crippen LogP contribution >= 0.6 is 11.8 Å². The summed E-state index contributed by atoms with van der Waals surface area (Å²) < 4.78 is 10.2. The predicted octanol–water partition coefficient (Wildman–Crippen LogP) is 3.44. The van der Waals surface area contributed by atoms with E-state index in [0.717, 1.165) is 10.6 Å². The number of rotatable bonds is 7. The highest BCUT2D eigenvalue weighted by Gasteiger charge is 2.07. The molecule has 0 heterocycles. The van der Waals surface area contributed by atoms with Crippen molar-refractivity contribution in [1.82, 2.24) is 0 Å². The van der Waals surface area contributed by atoms with Crippen molar-refractivity contribution in [1.29, 1.82) is 0 Å². The van der Waals surface area contributed by atoms with E-state index >= 15 is 0 Å². The highest BCUT2D eigenvalue weighted by molar-refractivity contribution is 8.00. The van der Waals surface area contributed by atoms with Crippen LogP contribution in [0, 0.1) is 10.1 Å². The number of benzene rings is 2. The van der Waals surface area contributed by atoms with Gasteiger partial charge in [0, 0.05) is 17.0 Å². The summed E-state index contributed by atoms with van der Waals surface area (Å²) in [6.07, 6.45) is 0. The Kier molecular flexibility index (Phi) is 5.99. The molecule has 0 aromatic heterocycles. The lowest BCUT2D eigenvalue weighted by Gasteiger charge is -2.05. The molecule has 2 rings (SSSR count). The molecule has 2 aromatic rings. The summed E-state index contributed by atoms with van der Waals surface area (Å²) in [6.45, 7) is 0.0972.